The highest BCUT2D eigenvalue weighted by Gasteiger charge is 2.31. The van der Waals surface area contributed by atoms with E-state index < -0.39 is 5.97 Å². The molecule has 1 aliphatic heterocycles. The number of hydrogen-bond donors (Lipinski definition) is 1. The normalized spacial score (nSPS) is 18.4. The van der Waals surface area contributed by atoms with Crippen LogP contribution in [-0.2, 0) is 11.3 Å². The minimum atomic E-state index is -0.979. The van der Waals surface area contributed by atoms with Crippen LogP contribution in [0.5, 0.6) is 0 Å². The number of nitrogens with zero attached hydrogens (tertiary/aromatic N) is 3. The highest BCUT2D eigenvalue weighted by atomic mass is 16.4. The van der Waals surface area contributed by atoms with Crippen molar-refractivity contribution in [3.05, 3.63) is 47.7 Å². The predicted molar refractivity (Wildman–Crippen MR) is 101 cm³/mol. The minimum absolute atomic E-state index is 0.0951. The number of carboxylic acids is 1. The second-order valence-electron chi connectivity index (χ2n) is 7.08. The molecule has 1 N–H and O–H groups in total. The van der Waals surface area contributed by atoms with E-state index in [-0.39, 0.29) is 17.5 Å². The van der Waals surface area contributed by atoms with E-state index in [4.69, 9.17) is 4.42 Å². The van der Waals surface area contributed by atoms with E-state index in [2.05, 4.69) is 9.80 Å². The topological polar surface area (TPSA) is 77.2 Å². The third kappa shape index (κ3) is 4.20. The van der Waals surface area contributed by atoms with Crippen molar-refractivity contribution in [1.82, 2.24) is 14.7 Å². The van der Waals surface area contributed by atoms with E-state index in [0.717, 1.165) is 18.8 Å². The number of hydrogen-bond acceptors (Lipinski definition) is 5. The molecule has 3 rings (SSSR count). The van der Waals surface area contributed by atoms with E-state index in [1.807, 2.05) is 13.1 Å². The largest absolute Gasteiger partial charge is 0.478 e. The zero-order valence-electron chi connectivity index (χ0n) is 15.9. The van der Waals surface area contributed by atoms with Crippen LogP contribution in [0.15, 0.2) is 40.8 Å². The van der Waals surface area contributed by atoms with Crippen LogP contribution in [0, 0.1) is 0 Å². The minimum Gasteiger partial charge on any atom is -0.478 e. The van der Waals surface area contributed by atoms with Crippen LogP contribution in [0.3, 0.4) is 0 Å². The second-order valence-corrected chi connectivity index (χ2v) is 7.08. The fraction of sp³-hybridized carbons (Fsp3) is 0.400. The van der Waals surface area contributed by atoms with Gasteiger partial charge in [-0.25, -0.2) is 4.79 Å². The van der Waals surface area contributed by atoms with E-state index in [1.54, 1.807) is 49.3 Å². The predicted octanol–water partition coefficient (Wildman–Crippen LogP) is 1.85. The van der Waals surface area contributed by atoms with Crippen molar-refractivity contribution in [1.29, 1.82) is 0 Å². The van der Waals surface area contributed by atoms with Gasteiger partial charge in [0.05, 0.1) is 12.1 Å². The average molecular weight is 371 g/mol. The van der Waals surface area contributed by atoms with E-state index in [0.29, 0.717) is 24.4 Å². The van der Waals surface area contributed by atoms with Crippen LogP contribution >= 0.6 is 0 Å². The first-order chi connectivity index (χ1) is 12.9. The number of carboxylic acid groups (broad SMARTS) is 1. The van der Waals surface area contributed by atoms with Crippen LogP contribution in [-0.4, -0.2) is 78.5 Å². The maximum absolute atomic E-state index is 12.4. The summed E-state index contributed by atoms with van der Waals surface area (Å²) in [5.74, 6) is 0.411. The smallest absolute Gasteiger partial charge is 0.336 e. The molecule has 0 bridgehead atoms. The van der Waals surface area contributed by atoms with Crippen molar-refractivity contribution in [2.24, 2.45) is 0 Å². The lowest BCUT2D eigenvalue weighted by atomic mass is 10.1. The number of carbonyl (C=O) groups is 2. The van der Waals surface area contributed by atoms with E-state index in [9.17, 15) is 14.7 Å². The molecule has 0 unspecified atom stereocenters. The van der Waals surface area contributed by atoms with Gasteiger partial charge < -0.3 is 14.4 Å². The molecule has 1 atom stereocenters. The van der Waals surface area contributed by atoms with Gasteiger partial charge in [0.25, 0.3) is 0 Å². The Hall–Kier alpha value is -2.64. The summed E-state index contributed by atoms with van der Waals surface area (Å²) < 4.78 is 5.92. The van der Waals surface area contributed by atoms with Crippen molar-refractivity contribution in [2.45, 2.75) is 12.6 Å². The number of likely N-dealkylation sites (N-methyl/N-ethyl adjacent to an activating group) is 2. The molecule has 1 aromatic heterocycles. The Labute approximate surface area is 158 Å². The number of carbonyl (C=O) groups excluding carboxylic acids is 1. The van der Waals surface area contributed by atoms with Crippen molar-refractivity contribution < 1.29 is 19.1 Å². The zero-order chi connectivity index (χ0) is 19.6. The third-order valence-corrected chi connectivity index (χ3v) is 4.92. The van der Waals surface area contributed by atoms with E-state index in [1.165, 1.54) is 0 Å². The molecule has 7 heteroatoms. The molecule has 7 nitrogen and oxygen atoms in total. The van der Waals surface area contributed by atoms with Gasteiger partial charge in [-0.15, -0.1) is 0 Å². The molecule has 0 saturated carbocycles. The summed E-state index contributed by atoms with van der Waals surface area (Å²) in [6.07, 6.45) is 0. The van der Waals surface area contributed by atoms with Gasteiger partial charge in [-0.2, -0.15) is 0 Å². The summed E-state index contributed by atoms with van der Waals surface area (Å²) in [5, 5.41) is 9.36. The molecule has 1 amide bonds. The van der Waals surface area contributed by atoms with Crippen LogP contribution in [0.1, 0.15) is 16.1 Å². The molecule has 27 heavy (non-hydrogen) atoms. The second kappa shape index (κ2) is 7.94. The molecule has 2 heterocycles. The molecule has 2 aromatic rings. The lowest BCUT2D eigenvalue weighted by Gasteiger charge is -2.39. The lowest BCUT2D eigenvalue weighted by molar-refractivity contribution is -0.136. The molecule has 1 fully saturated rings. The van der Waals surface area contributed by atoms with Gasteiger partial charge in [0, 0.05) is 39.3 Å². The Morgan fingerprint density at radius 2 is 1.93 bits per heavy atom. The average Bonchev–Trinajstić information content (AvgIpc) is 3.11. The zero-order valence-corrected chi connectivity index (χ0v) is 15.9. The number of amides is 1. The summed E-state index contributed by atoms with van der Waals surface area (Å²) in [4.78, 5) is 29.7. The molecule has 0 spiro atoms. The fourth-order valence-corrected chi connectivity index (χ4v) is 3.35. The maximum atomic E-state index is 12.4. The quantitative estimate of drug-likeness (QED) is 0.864. The molecule has 1 aromatic carbocycles. The van der Waals surface area contributed by atoms with Gasteiger partial charge in [-0.05, 0) is 25.2 Å². The molecular weight excluding hydrogens is 346 g/mol. The van der Waals surface area contributed by atoms with Crippen molar-refractivity contribution in [2.75, 3.05) is 40.8 Å². The number of furan rings is 1. The monoisotopic (exact) mass is 371 g/mol. The molecule has 0 aliphatic carbocycles. The summed E-state index contributed by atoms with van der Waals surface area (Å²) in [6.45, 7) is 2.87. The highest BCUT2D eigenvalue weighted by Crippen LogP contribution is 2.27. The van der Waals surface area contributed by atoms with Gasteiger partial charge in [0.15, 0.2) is 0 Å². The Balaban J connectivity index is 1.73. The Kier molecular flexibility index (Phi) is 5.62. The fourth-order valence-electron chi connectivity index (χ4n) is 3.35. The number of benzene rings is 1. The van der Waals surface area contributed by atoms with Gasteiger partial charge >= 0.3 is 5.97 Å². The van der Waals surface area contributed by atoms with Crippen molar-refractivity contribution in [3.63, 3.8) is 0 Å². The lowest BCUT2D eigenvalue weighted by Crippen LogP contribution is -2.57. The van der Waals surface area contributed by atoms with Gasteiger partial charge in [-0.3, -0.25) is 14.6 Å². The van der Waals surface area contributed by atoms with E-state index >= 15 is 0 Å². The number of piperazine rings is 1. The molecule has 144 valence electrons. The standard InChI is InChI=1S/C20H25N3O4/c1-21(2)19(24)17-13-23(11-10-22(17)3)12-14-8-9-18(27-14)15-6-4-5-7-16(15)20(25)26/h4-9,17H,10-13H2,1-3H3,(H,25,26)/t17-/m0/s1. The first-order valence-corrected chi connectivity index (χ1v) is 8.92. The summed E-state index contributed by atoms with van der Waals surface area (Å²) in [6, 6.07) is 10.3. The molecular formula is C20H25N3O4. The van der Waals surface area contributed by atoms with Crippen LogP contribution < -0.4 is 0 Å². The summed E-state index contributed by atoms with van der Waals surface area (Å²) in [7, 11) is 5.51. The number of rotatable bonds is 5. The Morgan fingerprint density at radius 1 is 1.19 bits per heavy atom. The molecule has 1 aliphatic rings. The van der Waals surface area contributed by atoms with Crippen molar-refractivity contribution in [3.8, 4) is 11.3 Å². The first-order valence-electron chi connectivity index (χ1n) is 8.92. The number of aromatic carboxylic acids is 1. The van der Waals surface area contributed by atoms with Gasteiger partial charge in [0.1, 0.15) is 17.6 Å². The van der Waals surface area contributed by atoms with Crippen LogP contribution in [0.25, 0.3) is 11.3 Å². The Morgan fingerprint density at radius 3 is 2.63 bits per heavy atom. The van der Waals surface area contributed by atoms with Crippen LogP contribution in [0.4, 0.5) is 0 Å². The molecule has 1 saturated heterocycles. The first kappa shape index (κ1) is 19.1. The summed E-state index contributed by atoms with van der Waals surface area (Å²) >= 11 is 0. The maximum Gasteiger partial charge on any atom is 0.336 e. The van der Waals surface area contributed by atoms with Crippen LogP contribution in [0.2, 0.25) is 0 Å². The van der Waals surface area contributed by atoms with Gasteiger partial charge in [0.2, 0.25) is 5.91 Å². The van der Waals surface area contributed by atoms with Crippen molar-refractivity contribution >= 4 is 11.9 Å². The van der Waals surface area contributed by atoms with Gasteiger partial charge in [-0.1, -0.05) is 18.2 Å². The highest BCUT2D eigenvalue weighted by molar-refractivity contribution is 5.95. The third-order valence-electron chi connectivity index (χ3n) is 4.92. The SMILES string of the molecule is CN(C)C(=O)[C@@H]1CN(Cc2ccc(-c3ccccc3C(=O)O)o2)CCN1C. The summed E-state index contributed by atoms with van der Waals surface area (Å²) in [5.41, 5.74) is 0.782. The Bertz CT molecular complexity index is 830. The molecule has 0 radical (unpaired) electrons.